The van der Waals surface area contributed by atoms with E-state index in [1.165, 1.54) is 0 Å². The van der Waals surface area contributed by atoms with Crippen LogP contribution in [0.15, 0.2) is 0 Å². The Balaban J connectivity index is 1.90. The van der Waals surface area contributed by atoms with Crippen LogP contribution in [0, 0.1) is 10.8 Å². The zero-order chi connectivity index (χ0) is 15.1. The highest BCUT2D eigenvalue weighted by molar-refractivity contribution is 5.79. The third-order valence-corrected chi connectivity index (χ3v) is 5.04. The van der Waals surface area contributed by atoms with Crippen LogP contribution < -0.4 is 5.32 Å². The van der Waals surface area contributed by atoms with Gasteiger partial charge in [0.1, 0.15) is 0 Å². The van der Waals surface area contributed by atoms with Crippen molar-refractivity contribution in [1.82, 2.24) is 10.2 Å². The van der Waals surface area contributed by atoms with Crippen molar-refractivity contribution in [2.24, 2.45) is 10.8 Å². The number of carboxylic acid groups (broad SMARTS) is 1. The fraction of sp³-hybridized carbons (Fsp3) is 0.857. The molecule has 2 amide bonds. The largest absolute Gasteiger partial charge is 0.481 e. The lowest BCUT2D eigenvalue weighted by atomic mass is 9.64. The van der Waals surface area contributed by atoms with Crippen LogP contribution in [0.5, 0.6) is 0 Å². The number of carbonyl (C=O) groups is 2. The molecule has 2 N–H and O–H groups in total. The van der Waals surface area contributed by atoms with Crippen molar-refractivity contribution in [2.45, 2.75) is 45.8 Å². The first-order chi connectivity index (χ1) is 9.20. The molecule has 3 atom stereocenters. The molecule has 1 heterocycles. The molecule has 6 heteroatoms. The highest BCUT2D eigenvalue weighted by Gasteiger charge is 2.50. The van der Waals surface area contributed by atoms with Gasteiger partial charge in [-0.2, -0.15) is 0 Å². The minimum atomic E-state index is -0.837. The van der Waals surface area contributed by atoms with Crippen molar-refractivity contribution in [3.8, 4) is 0 Å². The Bertz CT molecular complexity index is 423. The molecule has 0 aromatic rings. The molecule has 20 heavy (non-hydrogen) atoms. The fourth-order valence-corrected chi connectivity index (χ4v) is 3.08. The number of rotatable bonds is 3. The molecule has 0 aromatic carbocycles. The predicted octanol–water partition coefficient (Wildman–Crippen LogP) is 1.31. The van der Waals surface area contributed by atoms with Crippen molar-refractivity contribution >= 4 is 12.0 Å². The first kappa shape index (κ1) is 15.1. The van der Waals surface area contributed by atoms with Crippen LogP contribution in [0.25, 0.3) is 0 Å². The van der Waals surface area contributed by atoms with Crippen molar-refractivity contribution < 1.29 is 19.4 Å². The molecule has 2 fully saturated rings. The molecular formula is C14H24N2O4. The average Bonchev–Trinajstić information content (AvgIpc) is 2.78. The molecule has 114 valence electrons. The van der Waals surface area contributed by atoms with Gasteiger partial charge in [-0.3, -0.25) is 4.79 Å². The monoisotopic (exact) mass is 284 g/mol. The summed E-state index contributed by atoms with van der Waals surface area (Å²) in [6.45, 7) is 6.60. The van der Waals surface area contributed by atoms with Gasteiger partial charge in [-0.15, -0.1) is 0 Å². The number of methoxy groups -OCH3 is 1. The summed E-state index contributed by atoms with van der Waals surface area (Å²) < 4.78 is 5.36. The number of aliphatic carboxylic acids is 1. The van der Waals surface area contributed by atoms with E-state index in [1.807, 2.05) is 0 Å². The topological polar surface area (TPSA) is 78.9 Å². The first-order valence-electron chi connectivity index (χ1n) is 7.02. The van der Waals surface area contributed by atoms with Crippen LogP contribution in [0.4, 0.5) is 4.79 Å². The smallest absolute Gasteiger partial charge is 0.317 e. The lowest BCUT2D eigenvalue weighted by molar-refractivity contribution is -0.147. The van der Waals surface area contributed by atoms with Gasteiger partial charge in [0, 0.05) is 31.7 Å². The molecule has 6 nitrogen and oxygen atoms in total. The summed E-state index contributed by atoms with van der Waals surface area (Å²) in [7, 11) is 1.68. The Morgan fingerprint density at radius 1 is 1.35 bits per heavy atom. The van der Waals surface area contributed by atoms with E-state index in [2.05, 4.69) is 19.2 Å². The standard InChI is InChI=1S/C14H24N2O4/c1-13(2)9(7-10(13)20-4)15-12(19)16-6-5-14(3,8-16)11(17)18/h9-10H,5-8H2,1-4H3,(H,15,19)(H,17,18). The highest BCUT2D eigenvalue weighted by Crippen LogP contribution is 2.42. The van der Waals surface area contributed by atoms with E-state index < -0.39 is 11.4 Å². The molecule has 0 spiro atoms. The fourth-order valence-electron chi connectivity index (χ4n) is 3.08. The molecular weight excluding hydrogens is 260 g/mol. The summed E-state index contributed by atoms with van der Waals surface area (Å²) in [4.78, 5) is 25.0. The van der Waals surface area contributed by atoms with Crippen molar-refractivity contribution in [1.29, 1.82) is 0 Å². The van der Waals surface area contributed by atoms with Crippen molar-refractivity contribution in [3.63, 3.8) is 0 Å². The molecule has 0 radical (unpaired) electrons. The summed E-state index contributed by atoms with van der Waals surface area (Å²) in [6.07, 6.45) is 1.47. The Kier molecular flexibility index (Phi) is 3.71. The van der Waals surface area contributed by atoms with Gasteiger partial charge in [0.15, 0.2) is 0 Å². The second kappa shape index (κ2) is 4.91. The van der Waals surface area contributed by atoms with Crippen LogP contribution in [-0.2, 0) is 9.53 Å². The Morgan fingerprint density at radius 2 is 2.00 bits per heavy atom. The summed E-state index contributed by atoms with van der Waals surface area (Å²) in [5.74, 6) is -0.837. The van der Waals surface area contributed by atoms with E-state index >= 15 is 0 Å². The Hall–Kier alpha value is -1.30. The SMILES string of the molecule is COC1CC(NC(=O)N2CCC(C)(C(=O)O)C2)C1(C)C. The number of hydrogen-bond acceptors (Lipinski definition) is 3. The lowest BCUT2D eigenvalue weighted by Gasteiger charge is -2.51. The molecule has 0 bridgehead atoms. The van der Waals surface area contributed by atoms with Gasteiger partial charge < -0.3 is 20.1 Å². The maximum Gasteiger partial charge on any atom is 0.317 e. The highest BCUT2D eigenvalue weighted by atomic mass is 16.5. The second-order valence-corrected chi connectivity index (χ2v) is 6.82. The Morgan fingerprint density at radius 3 is 2.45 bits per heavy atom. The molecule has 1 saturated carbocycles. The average molecular weight is 284 g/mol. The number of carboxylic acids is 1. The van der Waals surface area contributed by atoms with Crippen LogP contribution in [0.2, 0.25) is 0 Å². The molecule has 3 unspecified atom stereocenters. The van der Waals surface area contributed by atoms with E-state index in [9.17, 15) is 14.7 Å². The van der Waals surface area contributed by atoms with Gasteiger partial charge in [-0.05, 0) is 19.8 Å². The number of nitrogens with zero attached hydrogens (tertiary/aromatic N) is 1. The minimum Gasteiger partial charge on any atom is -0.481 e. The quantitative estimate of drug-likeness (QED) is 0.819. The van der Waals surface area contributed by atoms with Gasteiger partial charge in [0.2, 0.25) is 0 Å². The minimum absolute atomic E-state index is 0.0802. The first-order valence-corrected chi connectivity index (χ1v) is 7.02. The predicted molar refractivity (Wildman–Crippen MR) is 73.4 cm³/mol. The van der Waals surface area contributed by atoms with E-state index in [1.54, 1.807) is 18.9 Å². The lowest BCUT2D eigenvalue weighted by Crippen LogP contribution is -2.63. The number of hydrogen-bond donors (Lipinski definition) is 2. The zero-order valence-corrected chi connectivity index (χ0v) is 12.6. The van der Waals surface area contributed by atoms with Gasteiger partial charge in [-0.1, -0.05) is 13.8 Å². The second-order valence-electron chi connectivity index (χ2n) is 6.82. The van der Waals surface area contributed by atoms with E-state index in [0.29, 0.717) is 13.0 Å². The van der Waals surface area contributed by atoms with Gasteiger partial charge in [0.25, 0.3) is 0 Å². The number of carbonyl (C=O) groups excluding carboxylic acids is 1. The molecule has 1 aliphatic carbocycles. The van der Waals surface area contributed by atoms with E-state index in [4.69, 9.17) is 4.74 Å². The van der Waals surface area contributed by atoms with E-state index in [-0.39, 0.29) is 30.1 Å². The van der Waals surface area contributed by atoms with Crippen LogP contribution in [0.1, 0.15) is 33.6 Å². The van der Waals surface area contributed by atoms with Crippen LogP contribution in [0.3, 0.4) is 0 Å². The van der Waals surface area contributed by atoms with Crippen molar-refractivity contribution in [2.75, 3.05) is 20.2 Å². The normalized spacial score (nSPS) is 35.5. The summed E-state index contributed by atoms with van der Waals surface area (Å²) >= 11 is 0. The number of likely N-dealkylation sites (tertiary alicyclic amines) is 1. The third-order valence-electron chi connectivity index (χ3n) is 5.04. The molecule has 1 aliphatic heterocycles. The summed E-state index contributed by atoms with van der Waals surface area (Å²) in [5.41, 5.74) is -0.901. The maximum atomic E-state index is 12.2. The van der Waals surface area contributed by atoms with Gasteiger partial charge >= 0.3 is 12.0 Å². The summed E-state index contributed by atoms with van der Waals surface area (Å²) in [5, 5.41) is 12.2. The maximum absolute atomic E-state index is 12.2. The van der Waals surface area contributed by atoms with Crippen LogP contribution >= 0.6 is 0 Å². The molecule has 1 saturated heterocycles. The van der Waals surface area contributed by atoms with Crippen molar-refractivity contribution in [3.05, 3.63) is 0 Å². The zero-order valence-electron chi connectivity index (χ0n) is 12.6. The molecule has 2 rings (SSSR count). The summed E-state index contributed by atoms with van der Waals surface area (Å²) in [6, 6.07) is -0.0840. The molecule has 0 aromatic heterocycles. The van der Waals surface area contributed by atoms with Crippen LogP contribution in [-0.4, -0.2) is 54.4 Å². The number of urea groups is 1. The third kappa shape index (κ3) is 2.37. The van der Waals surface area contributed by atoms with Gasteiger partial charge in [-0.25, -0.2) is 4.79 Å². The Labute approximate surface area is 119 Å². The molecule has 2 aliphatic rings. The number of ether oxygens (including phenoxy) is 1. The van der Waals surface area contributed by atoms with E-state index in [0.717, 1.165) is 6.42 Å². The number of amides is 2. The number of nitrogens with one attached hydrogen (secondary N) is 1. The van der Waals surface area contributed by atoms with Gasteiger partial charge in [0.05, 0.1) is 11.5 Å².